The summed E-state index contributed by atoms with van der Waals surface area (Å²) in [6.45, 7) is 4.55. The van der Waals surface area contributed by atoms with Gasteiger partial charge in [0.05, 0.1) is 12.3 Å². The molecule has 0 aromatic rings. The van der Waals surface area contributed by atoms with Crippen LogP contribution in [0.5, 0.6) is 0 Å². The second kappa shape index (κ2) is 36.1. The zero-order valence-electron chi connectivity index (χ0n) is 30.3. The number of hydrogen-bond donors (Lipinski definition) is 2. The Bertz CT molecular complexity index is 625. The second-order valence-electron chi connectivity index (χ2n) is 14.1. The maximum Gasteiger partial charge on any atom is 0.307 e. The first-order chi connectivity index (χ1) is 22.0. The van der Waals surface area contributed by atoms with Gasteiger partial charge in [0.1, 0.15) is 0 Å². The zero-order chi connectivity index (χ0) is 33.1. The first kappa shape index (κ1) is 44.3. The largest absolute Gasteiger partial charge is 0.481 e. The average Bonchev–Trinajstić information content (AvgIpc) is 3.01. The number of rotatable bonds is 38. The Hall–Kier alpha value is -0.710. The molecule has 0 aliphatic carbocycles. The Morgan fingerprint density at radius 3 is 1.02 bits per heavy atom. The Kier molecular flexibility index (Phi) is 35.6. The van der Waals surface area contributed by atoms with Crippen LogP contribution in [-0.2, 0) is 9.59 Å². The molecule has 45 heavy (non-hydrogen) atoms. The normalized spacial score (nSPS) is 12.8. The summed E-state index contributed by atoms with van der Waals surface area (Å²) in [6, 6.07) is 0. The third kappa shape index (κ3) is 34.4. The molecule has 268 valence electrons. The van der Waals surface area contributed by atoms with Crippen LogP contribution in [0, 0.1) is 5.92 Å². The van der Waals surface area contributed by atoms with Gasteiger partial charge in [-0.25, -0.2) is 0 Å². The van der Waals surface area contributed by atoms with Gasteiger partial charge in [-0.1, -0.05) is 206 Å². The molecule has 5 heteroatoms. The summed E-state index contributed by atoms with van der Waals surface area (Å²) in [7, 11) is 0. The van der Waals surface area contributed by atoms with E-state index in [4.69, 9.17) is 0 Å². The molecule has 0 heterocycles. The van der Waals surface area contributed by atoms with Crippen LogP contribution in [0.15, 0.2) is 0 Å². The summed E-state index contributed by atoms with van der Waals surface area (Å²) >= 11 is 1.60. The lowest BCUT2D eigenvalue weighted by molar-refractivity contribution is -0.141. The minimum Gasteiger partial charge on any atom is -0.481 e. The molecule has 0 spiro atoms. The second-order valence-corrected chi connectivity index (χ2v) is 15.4. The molecule has 2 N–H and O–H groups in total. The van der Waals surface area contributed by atoms with Crippen molar-refractivity contribution in [3.63, 3.8) is 0 Å². The fourth-order valence-electron chi connectivity index (χ4n) is 6.47. The summed E-state index contributed by atoms with van der Waals surface area (Å²) in [4.78, 5) is 23.3. The lowest BCUT2D eigenvalue weighted by Gasteiger charge is -2.18. The van der Waals surface area contributed by atoms with Crippen molar-refractivity contribution in [3.05, 3.63) is 0 Å². The molecule has 0 radical (unpaired) electrons. The van der Waals surface area contributed by atoms with Crippen LogP contribution in [0.1, 0.15) is 226 Å². The monoisotopic (exact) mass is 655 g/mol. The minimum atomic E-state index is -0.761. The summed E-state index contributed by atoms with van der Waals surface area (Å²) in [5.41, 5.74) is 0. The topological polar surface area (TPSA) is 74.6 Å². The molecule has 0 aromatic heterocycles. The smallest absolute Gasteiger partial charge is 0.307 e. The maximum atomic E-state index is 11.9. The van der Waals surface area contributed by atoms with E-state index in [0.29, 0.717) is 5.75 Å². The third-order valence-electron chi connectivity index (χ3n) is 9.57. The Balaban J connectivity index is 3.82. The molecular formula is C40H78O4S. The van der Waals surface area contributed by atoms with Crippen molar-refractivity contribution in [3.8, 4) is 0 Å². The highest BCUT2D eigenvalue weighted by atomic mass is 32.2. The van der Waals surface area contributed by atoms with E-state index < -0.39 is 11.9 Å². The fourth-order valence-corrected chi connectivity index (χ4v) is 7.88. The predicted octanol–water partition coefficient (Wildman–Crippen LogP) is 13.8. The van der Waals surface area contributed by atoms with Gasteiger partial charge in [-0.05, 0) is 12.8 Å². The van der Waals surface area contributed by atoms with E-state index in [1.807, 2.05) is 0 Å². The van der Waals surface area contributed by atoms with E-state index in [9.17, 15) is 19.8 Å². The number of thioether (sulfide) groups is 1. The van der Waals surface area contributed by atoms with Gasteiger partial charge in [-0.2, -0.15) is 11.8 Å². The standard InChI is InChI=1S/C40H78O4S/c1-3-5-7-9-11-13-15-17-19-21-23-25-27-29-31-33-37(40(43)44)36-45-38(35-39(41)42)34-32-30-28-26-24-22-20-18-16-14-12-10-8-6-4-2/h37-38H,3-36H2,1-2H3,(H,41,42)(H,43,44). The van der Waals surface area contributed by atoms with Crippen LogP contribution in [0.25, 0.3) is 0 Å². The van der Waals surface area contributed by atoms with Crippen LogP contribution in [0.4, 0.5) is 0 Å². The molecule has 0 fully saturated rings. The van der Waals surface area contributed by atoms with Crippen molar-refractivity contribution in [2.75, 3.05) is 5.75 Å². The molecular weight excluding hydrogens is 577 g/mol. The fraction of sp³-hybridized carbons (Fsp3) is 0.950. The van der Waals surface area contributed by atoms with Crippen molar-refractivity contribution in [1.29, 1.82) is 0 Å². The molecule has 0 aliphatic heterocycles. The van der Waals surface area contributed by atoms with Crippen molar-refractivity contribution in [2.45, 2.75) is 231 Å². The predicted molar refractivity (Wildman–Crippen MR) is 199 cm³/mol. The highest BCUT2D eigenvalue weighted by molar-refractivity contribution is 7.99. The summed E-state index contributed by atoms with van der Waals surface area (Å²) in [5, 5.41) is 19.2. The van der Waals surface area contributed by atoms with E-state index in [0.717, 1.165) is 38.5 Å². The van der Waals surface area contributed by atoms with Gasteiger partial charge in [-0.15, -0.1) is 0 Å². The van der Waals surface area contributed by atoms with Gasteiger partial charge in [0, 0.05) is 11.0 Å². The molecule has 2 unspecified atom stereocenters. The number of carboxylic acids is 2. The molecule has 0 aliphatic rings. The quantitative estimate of drug-likeness (QED) is 0.0648. The van der Waals surface area contributed by atoms with Crippen LogP contribution < -0.4 is 0 Å². The van der Waals surface area contributed by atoms with Gasteiger partial charge < -0.3 is 10.2 Å². The van der Waals surface area contributed by atoms with Crippen molar-refractivity contribution < 1.29 is 19.8 Å². The Morgan fingerprint density at radius 2 is 0.733 bits per heavy atom. The van der Waals surface area contributed by atoms with Gasteiger partial charge in [0.2, 0.25) is 0 Å². The molecule has 0 saturated carbocycles. The van der Waals surface area contributed by atoms with Crippen molar-refractivity contribution in [1.82, 2.24) is 0 Å². The van der Waals surface area contributed by atoms with E-state index in [1.165, 1.54) is 167 Å². The number of unbranched alkanes of at least 4 members (excludes halogenated alkanes) is 28. The Labute approximate surface area is 285 Å². The molecule has 4 nitrogen and oxygen atoms in total. The molecule has 0 amide bonds. The van der Waals surface area contributed by atoms with Crippen molar-refractivity contribution >= 4 is 23.7 Å². The highest BCUT2D eigenvalue weighted by Gasteiger charge is 2.21. The SMILES string of the molecule is CCCCCCCCCCCCCCCCCC(CC(=O)O)SCC(CCCCCCCCCCCCCCCCC)C(=O)O. The van der Waals surface area contributed by atoms with E-state index in [1.54, 1.807) is 11.8 Å². The van der Waals surface area contributed by atoms with Gasteiger partial charge in [-0.3, -0.25) is 9.59 Å². The van der Waals surface area contributed by atoms with E-state index >= 15 is 0 Å². The van der Waals surface area contributed by atoms with E-state index in [-0.39, 0.29) is 17.6 Å². The number of carbonyl (C=O) groups is 2. The summed E-state index contributed by atoms with van der Waals surface area (Å²) in [6.07, 6.45) is 41.4. The minimum absolute atomic E-state index is 0.0346. The molecule has 0 bridgehead atoms. The van der Waals surface area contributed by atoms with E-state index in [2.05, 4.69) is 13.8 Å². The summed E-state index contributed by atoms with van der Waals surface area (Å²) in [5.74, 6) is -1.28. The maximum absolute atomic E-state index is 11.9. The van der Waals surface area contributed by atoms with Crippen molar-refractivity contribution in [2.24, 2.45) is 5.92 Å². The molecule has 0 aromatic carbocycles. The van der Waals surface area contributed by atoms with Crippen LogP contribution in [-0.4, -0.2) is 33.2 Å². The number of carboxylic acid groups (broad SMARTS) is 2. The van der Waals surface area contributed by atoms with Gasteiger partial charge in [0.25, 0.3) is 0 Å². The molecule has 2 atom stereocenters. The van der Waals surface area contributed by atoms with Crippen LogP contribution in [0.3, 0.4) is 0 Å². The number of hydrogen-bond acceptors (Lipinski definition) is 3. The van der Waals surface area contributed by atoms with Gasteiger partial charge in [0.15, 0.2) is 0 Å². The highest BCUT2D eigenvalue weighted by Crippen LogP contribution is 2.27. The Morgan fingerprint density at radius 1 is 0.444 bits per heavy atom. The van der Waals surface area contributed by atoms with Crippen LogP contribution >= 0.6 is 11.8 Å². The zero-order valence-corrected chi connectivity index (χ0v) is 31.1. The molecule has 0 saturated heterocycles. The lowest BCUT2D eigenvalue weighted by Crippen LogP contribution is -2.19. The van der Waals surface area contributed by atoms with Crippen LogP contribution in [0.2, 0.25) is 0 Å². The average molecular weight is 655 g/mol. The van der Waals surface area contributed by atoms with Gasteiger partial charge >= 0.3 is 11.9 Å². The third-order valence-corrected chi connectivity index (χ3v) is 11.0. The first-order valence-corrected chi connectivity index (χ1v) is 21.1. The summed E-state index contributed by atoms with van der Waals surface area (Å²) < 4.78 is 0. The molecule has 0 rings (SSSR count). The lowest BCUT2D eigenvalue weighted by atomic mass is 10.0. The number of aliphatic carboxylic acids is 2. The first-order valence-electron chi connectivity index (χ1n) is 20.1.